The number of aromatic amines is 1. The summed E-state index contributed by atoms with van der Waals surface area (Å²) < 4.78 is 0. The van der Waals surface area contributed by atoms with Crippen molar-refractivity contribution in [2.45, 2.75) is 32.1 Å². The normalized spacial score (nSPS) is 13.4. The maximum Gasteiger partial charge on any atom is 0.272 e. The molecular weight excluding hydrogens is 344 g/mol. The predicted molar refractivity (Wildman–Crippen MR) is 98.7 cm³/mol. The van der Waals surface area contributed by atoms with Crippen molar-refractivity contribution in [1.82, 2.24) is 35.5 Å². The molecule has 1 amide bonds. The van der Waals surface area contributed by atoms with Gasteiger partial charge in [0.1, 0.15) is 12.2 Å². The van der Waals surface area contributed by atoms with E-state index in [1.165, 1.54) is 6.33 Å². The number of pyridine rings is 1. The summed E-state index contributed by atoms with van der Waals surface area (Å²) in [6, 6.07) is 3.86. The molecule has 9 nitrogen and oxygen atoms in total. The van der Waals surface area contributed by atoms with Gasteiger partial charge in [-0.1, -0.05) is 0 Å². The van der Waals surface area contributed by atoms with Gasteiger partial charge in [-0.25, -0.2) is 19.9 Å². The quantitative estimate of drug-likeness (QED) is 0.585. The standard InChI is InChI=1S/C18H20N8O/c1-11-22-16(26-25-11)6-7-21-18(27)17-15(23-13-8-19-10-20-9-13)5-4-14(24-17)12-2-3-12/h4-5,8-10,12,23H,2-3,6-7H2,1H3,(H,21,27)(H,22,25,26). The lowest BCUT2D eigenvalue weighted by Gasteiger charge is -2.12. The van der Waals surface area contributed by atoms with Crippen molar-refractivity contribution in [3.05, 3.63) is 53.9 Å². The number of aryl methyl sites for hydroxylation is 1. The van der Waals surface area contributed by atoms with E-state index in [0.29, 0.717) is 41.8 Å². The Labute approximate surface area is 156 Å². The molecule has 3 aromatic rings. The van der Waals surface area contributed by atoms with E-state index in [1.54, 1.807) is 12.4 Å². The van der Waals surface area contributed by atoms with Crippen molar-refractivity contribution in [3.8, 4) is 0 Å². The summed E-state index contributed by atoms with van der Waals surface area (Å²) >= 11 is 0. The van der Waals surface area contributed by atoms with Gasteiger partial charge in [-0.3, -0.25) is 9.89 Å². The molecule has 27 heavy (non-hydrogen) atoms. The molecule has 0 radical (unpaired) electrons. The van der Waals surface area contributed by atoms with Gasteiger partial charge in [0.05, 0.1) is 23.8 Å². The number of carbonyl (C=O) groups is 1. The maximum absolute atomic E-state index is 12.8. The van der Waals surface area contributed by atoms with Gasteiger partial charge in [-0.15, -0.1) is 0 Å². The third-order valence-corrected chi connectivity index (χ3v) is 4.24. The summed E-state index contributed by atoms with van der Waals surface area (Å²) in [4.78, 5) is 29.6. The minimum absolute atomic E-state index is 0.232. The Bertz CT molecular complexity index is 936. The smallest absolute Gasteiger partial charge is 0.272 e. The summed E-state index contributed by atoms with van der Waals surface area (Å²) in [6.07, 6.45) is 7.55. The number of aromatic nitrogens is 6. The fourth-order valence-electron chi connectivity index (χ4n) is 2.75. The fraction of sp³-hybridized carbons (Fsp3) is 0.333. The maximum atomic E-state index is 12.8. The average molecular weight is 364 g/mol. The van der Waals surface area contributed by atoms with Crippen LogP contribution in [0.2, 0.25) is 0 Å². The largest absolute Gasteiger partial charge is 0.351 e. The minimum atomic E-state index is -0.232. The molecule has 0 aromatic carbocycles. The van der Waals surface area contributed by atoms with Crippen molar-refractivity contribution in [1.29, 1.82) is 0 Å². The molecule has 1 saturated carbocycles. The Morgan fingerprint density at radius 3 is 2.74 bits per heavy atom. The number of hydrogen-bond acceptors (Lipinski definition) is 7. The van der Waals surface area contributed by atoms with Crippen LogP contribution in [-0.4, -0.2) is 42.6 Å². The van der Waals surface area contributed by atoms with E-state index in [9.17, 15) is 4.79 Å². The zero-order valence-corrected chi connectivity index (χ0v) is 14.9. The molecule has 1 aliphatic rings. The zero-order valence-electron chi connectivity index (χ0n) is 14.9. The molecule has 3 aromatic heterocycles. The second kappa shape index (κ2) is 7.48. The molecule has 1 aliphatic carbocycles. The topological polar surface area (TPSA) is 121 Å². The van der Waals surface area contributed by atoms with Crippen LogP contribution in [-0.2, 0) is 6.42 Å². The van der Waals surface area contributed by atoms with E-state index in [2.05, 4.69) is 40.8 Å². The van der Waals surface area contributed by atoms with Crippen LogP contribution in [0.1, 0.15) is 46.6 Å². The third kappa shape index (κ3) is 4.25. The Morgan fingerprint density at radius 2 is 2.04 bits per heavy atom. The molecule has 9 heteroatoms. The molecular formula is C18H20N8O. The van der Waals surface area contributed by atoms with Crippen LogP contribution >= 0.6 is 0 Å². The fourth-order valence-corrected chi connectivity index (χ4v) is 2.75. The number of nitrogens with one attached hydrogen (secondary N) is 3. The van der Waals surface area contributed by atoms with Gasteiger partial charge in [0.15, 0.2) is 11.5 Å². The van der Waals surface area contributed by atoms with Crippen molar-refractivity contribution in [2.24, 2.45) is 0 Å². The van der Waals surface area contributed by atoms with Crippen LogP contribution in [0.25, 0.3) is 0 Å². The van der Waals surface area contributed by atoms with Crippen LogP contribution in [0.4, 0.5) is 11.4 Å². The summed E-state index contributed by atoms with van der Waals surface area (Å²) in [5.41, 5.74) is 2.65. The van der Waals surface area contributed by atoms with Crippen molar-refractivity contribution in [3.63, 3.8) is 0 Å². The molecule has 0 aliphatic heterocycles. The van der Waals surface area contributed by atoms with E-state index in [-0.39, 0.29) is 5.91 Å². The molecule has 0 bridgehead atoms. The van der Waals surface area contributed by atoms with Gasteiger partial charge in [-0.05, 0) is 31.9 Å². The molecule has 3 N–H and O–H groups in total. The van der Waals surface area contributed by atoms with Gasteiger partial charge >= 0.3 is 0 Å². The van der Waals surface area contributed by atoms with Crippen LogP contribution in [0.5, 0.6) is 0 Å². The molecule has 0 spiro atoms. The van der Waals surface area contributed by atoms with E-state index in [0.717, 1.165) is 24.4 Å². The van der Waals surface area contributed by atoms with E-state index in [4.69, 9.17) is 0 Å². The van der Waals surface area contributed by atoms with Gasteiger partial charge in [0.2, 0.25) is 0 Å². The zero-order chi connectivity index (χ0) is 18.6. The van der Waals surface area contributed by atoms with E-state index in [1.807, 2.05) is 19.1 Å². The first kappa shape index (κ1) is 17.1. The van der Waals surface area contributed by atoms with E-state index < -0.39 is 0 Å². The first-order chi connectivity index (χ1) is 13.2. The number of H-pyrrole nitrogens is 1. The third-order valence-electron chi connectivity index (χ3n) is 4.24. The van der Waals surface area contributed by atoms with Gasteiger partial charge < -0.3 is 10.6 Å². The number of hydrogen-bond donors (Lipinski definition) is 3. The minimum Gasteiger partial charge on any atom is -0.351 e. The van der Waals surface area contributed by atoms with E-state index >= 15 is 0 Å². The highest BCUT2D eigenvalue weighted by Gasteiger charge is 2.26. The Morgan fingerprint density at radius 1 is 1.22 bits per heavy atom. The highest BCUT2D eigenvalue weighted by atomic mass is 16.1. The molecule has 138 valence electrons. The number of carbonyl (C=O) groups excluding carboxylic acids is 1. The second-order valence-corrected chi connectivity index (χ2v) is 6.50. The summed E-state index contributed by atoms with van der Waals surface area (Å²) in [5.74, 6) is 1.66. The molecule has 1 fully saturated rings. The highest BCUT2D eigenvalue weighted by Crippen LogP contribution is 2.39. The van der Waals surface area contributed by atoms with Crippen LogP contribution in [0.3, 0.4) is 0 Å². The predicted octanol–water partition coefficient (Wildman–Crippen LogP) is 1.89. The monoisotopic (exact) mass is 364 g/mol. The molecule has 0 unspecified atom stereocenters. The summed E-state index contributed by atoms with van der Waals surface area (Å²) in [5, 5.41) is 12.9. The van der Waals surface area contributed by atoms with Crippen LogP contribution in [0.15, 0.2) is 30.9 Å². The lowest BCUT2D eigenvalue weighted by Crippen LogP contribution is -2.28. The summed E-state index contributed by atoms with van der Waals surface area (Å²) in [6.45, 7) is 2.27. The van der Waals surface area contributed by atoms with Crippen molar-refractivity contribution < 1.29 is 4.79 Å². The van der Waals surface area contributed by atoms with Crippen LogP contribution in [0, 0.1) is 6.92 Å². The first-order valence-electron chi connectivity index (χ1n) is 8.88. The number of anilines is 2. The average Bonchev–Trinajstić information content (AvgIpc) is 3.45. The lowest BCUT2D eigenvalue weighted by atomic mass is 10.2. The van der Waals surface area contributed by atoms with Gasteiger partial charge in [0.25, 0.3) is 5.91 Å². The second-order valence-electron chi connectivity index (χ2n) is 6.50. The Hall–Kier alpha value is -3.36. The molecule has 0 saturated heterocycles. The number of rotatable bonds is 7. The SMILES string of the molecule is Cc1nc(CCNC(=O)c2nc(C3CC3)ccc2Nc2cncnc2)n[nH]1. The Balaban J connectivity index is 1.49. The van der Waals surface area contributed by atoms with Crippen molar-refractivity contribution in [2.75, 3.05) is 11.9 Å². The van der Waals surface area contributed by atoms with Crippen LogP contribution < -0.4 is 10.6 Å². The number of amides is 1. The van der Waals surface area contributed by atoms with Crippen molar-refractivity contribution >= 4 is 17.3 Å². The molecule has 3 heterocycles. The van der Waals surface area contributed by atoms with Gasteiger partial charge in [0, 0.05) is 24.6 Å². The summed E-state index contributed by atoms with van der Waals surface area (Å²) in [7, 11) is 0. The Kier molecular flexibility index (Phi) is 4.73. The molecule has 4 rings (SSSR count). The number of nitrogens with zero attached hydrogens (tertiary/aromatic N) is 5. The first-order valence-corrected chi connectivity index (χ1v) is 8.88. The molecule has 0 atom stereocenters. The highest BCUT2D eigenvalue weighted by molar-refractivity contribution is 5.98. The lowest BCUT2D eigenvalue weighted by molar-refractivity contribution is 0.0949. The van der Waals surface area contributed by atoms with Gasteiger partial charge in [-0.2, -0.15) is 5.10 Å².